The second-order valence-corrected chi connectivity index (χ2v) is 7.10. The van der Waals surface area contributed by atoms with Crippen LogP contribution in [0.4, 0.5) is 13.2 Å². The molecule has 2 aliphatic rings. The van der Waals surface area contributed by atoms with Crippen LogP contribution < -0.4 is 0 Å². The van der Waals surface area contributed by atoms with Crippen LogP contribution >= 0.6 is 0 Å². The zero-order valence-electron chi connectivity index (χ0n) is 14.5. The Bertz CT molecular complexity index is 375. The summed E-state index contributed by atoms with van der Waals surface area (Å²) in [5.41, 5.74) is 0. The third kappa shape index (κ3) is 4.81. The van der Waals surface area contributed by atoms with E-state index in [1.54, 1.807) is 0 Å². The molecule has 0 aromatic heterocycles. The van der Waals surface area contributed by atoms with Gasteiger partial charge in [-0.15, -0.1) is 0 Å². The van der Waals surface area contributed by atoms with Gasteiger partial charge in [0.1, 0.15) is 6.04 Å². The van der Waals surface area contributed by atoms with Crippen molar-refractivity contribution in [1.29, 1.82) is 0 Å². The van der Waals surface area contributed by atoms with Gasteiger partial charge in [0.05, 0.1) is 25.9 Å². The first-order valence-corrected chi connectivity index (χ1v) is 8.47. The van der Waals surface area contributed by atoms with Crippen LogP contribution in [-0.2, 0) is 9.47 Å². The van der Waals surface area contributed by atoms with E-state index in [2.05, 4.69) is 18.7 Å². The van der Waals surface area contributed by atoms with Crippen molar-refractivity contribution in [1.82, 2.24) is 9.80 Å². The van der Waals surface area contributed by atoms with Gasteiger partial charge in [0.15, 0.2) is 0 Å². The number of nitrogens with zero attached hydrogens (tertiary/aromatic N) is 2. The van der Waals surface area contributed by atoms with Crippen LogP contribution in [0.15, 0.2) is 0 Å². The molecule has 0 aromatic carbocycles. The summed E-state index contributed by atoms with van der Waals surface area (Å²) >= 11 is 0. The Kier molecular flexibility index (Phi) is 6.33. The summed E-state index contributed by atoms with van der Waals surface area (Å²) in [7, 11) is 0. The average molecular weight is 338 g/mol. The molecular weight excluding hydrogens is 309 g/mol. The molecule has 3 unspecified atom stereocenters. The van der Waals surface area contributed by atoms with Crippen molar-refractivity contribution in [2.45, 2.75) is 70.6 Å². The fraction of sp³-hybridized carbons (Fsp3) is 1.00. The van der Waals surface area contributed by atoms with Gasteiger partial charge >= 0.3 is 6.18 Å². The highest BCUT2D eigenvalue weighted by Gasteiger charge is 2.48. The van der Waals surface area contributed by atoms with Crippen molar-refractivity contribution >= 4 is 0 Å². The third-order valence-corrected chi connectivity index (χ3v) is 4.82. The minimum Gasteiger partial charge on any atom is -0.378 e. The number of hydrogen-bond donors (Lipinski definition) is 0. The number of hydrogen-bond acceptors (Lipinski definition) is 4. The van der Waals surface area contributed by atoms with Gasteiger partial charge in [0.25, 0.3) is 0 Å². The summed E-state index contributed by atoms with van der Waals surface area (Å²) in [4.78, 5) is 3.89. The van der Waals surface area contributed by atoms with Gasteiger partial charge in [-0.25, -0.2) is 0 Å². The van der Waals surface area contributed by atoms with Gasteiger partial charge in [-0.2, -0.15) is 13.2 Å². The fourth-order valence-corrected chi connectivity index (χ4v) is 3.59. The normalized spacial score (nSPS) is 32.0. The second kappa shape index (κ2) is 7.68. The summed E-state index contributed by atoms with van der Waals surface area (Å²) in [6, 6.07) is -1.04. The largest absolute Gasteiger partial charge is 0.406 e. The molecule has 2 rings (SSSR count). The molecule has 3 atom stereocenters. The van der Waals surface area contributed by atoms with Crippen LogP contribution in [0.1, 0.15) is 34.1 Å². The highest BCUT2D eigenvalue weighted by Crippen LogP contribution is 2.31. The molecule has 7 heteroatoms. The Morgan fingerprint density at radius 2 is 1.70 bits per heavy atom. The molecule has 0 N–H and O–H groups in total. The summed E-state index contributed by atoms with van der Waals surface area (Å²) in [6.07, 6.45) is -3.71. The van der Waals surface area contributed by atoms with Crippen LogP contribution in [0.3, 0.4) is 0 Å². The van der Waals surface area contributed by atoms with Crippen molar-refractivity contribution in [3.8, 4) is 0 Å². The van der Waals surface area contributed by atoms with E-state index in [1.165, 1.54) is 4.90 Å². The van der Waals surface area contributed by atoms with Gasteiger partial charge in [0.2, 0.25) is 0 Å². The first-order chi connectivity index (χ1) is 10.7. The Balaban J connectivity index is 1.99. The lowest BCUT2D eigenvalue weighted by Gasteiger charge is -2.45. The van der Waals surface area contributed by atoms with E-state index in [4.69, 9.17) is 9.47 Å². The van der Waals surface area contributed by atoms with Gasteiger partial charge in [0, 0.05) is 31.2 Å². The zero-order chi connectivity index (χ0) is 17.2. The fourth-order valence-electron chi connectivity index (χ4n) is 3.59. The van der Waals surface area contributed by atoms with E-state index in [1.807, 2.05) is 13.8 Å². The molecule has 2 aliphatic heterocycles. The molecule has 2 heterocycles. The monoisotopic (exact) mass is 338 g/mol. The highest BCUT2D eigenvalue weighted by atomic mass is 19.4. The lowest BCUT2D eigenvalue weighted by Crippen LogP contribution is -2.59. The van der Waals surface area contributed by atoms with Crippen molar-refractivity contribution in [3.05, 3.63) is 0 Å². The summed E-state index contributed by atoms with van der Waals surface area (Å²) in [5, 5.41) is 0. The van der Waals surface area contributed by atoms with E-state index < -0.39 is 12.2 Å². The highest BCUT2D eigenvalue weighted by molar-refractivity contribution is 4.90. The minimum absolute atomic E-state index is 0.156. The van der Waals surface area contributed by atoms with E-state index in [0.717, 1.165) is 6.54 Å². The van der Waals surface area contributed by atoms with Gasteiger partial charge in [-0.3, -0.25) is 9.80 Å². The Morgan fingerprint density at radius 3 is 2.26 bits per heavy atom. The summed E-state index contributed by atoms with van der Waals surface area (Å²) in [5.74, 6) is 0. The van der Waals surface area contributed by atoms with Crippen molar-refractivity contribution in [2.75, 3.05) is 32.9 Å². The third-order valence-electron chi connectivity index (χ3n) is 4.82. The molecular formula is C16H29F3N2O2. The predicted molar refractivity (Wildman–Crippen MR) is 82.5 cm³/mol. The maximum atomic E-state index is 13.2. The SMILES string of the molecule is CC(C)N1CCOCC1CC1CN(C(C)C)C(C(F)(F)F)CO1. The number of alkyl halides is 3. The van der Waals surface area contributed by atoms with Gasteiger partial charge in [-0.1, -0.05) is 0 Å². The second-order valence-electron chi connectivity index (χ2n) is 7.10. The zero-order valence-corrected chi connectivity index (χ0v) is 14.5. The number of ether oxygens (including phenoxy) is 2. The van der Waals surface area contributed by atoms with E-state index in [9.17, 15) is 13.2 Å². The standard InChI is InChI=1S/C16H29F3N2O2/c1-11(2)20-5-6-22-9-13(20)7-14-8-21(12(3)4)15(10-23-14)16(17,18)19/h11-15H,5-10H2,1-4H3. The lowest BCUT2D eigenvalue weighted by molar-refractivity contribution is -0.229. The maximum Gasteiger partial charge on any atom is 0.406 e. The van der Waals surface area contributed by atoms with Crippen LogP contribution in [0.25, 0.3) is 0 Å². The Morgan fingerprint density at radius 1 is 1.04 bits per heavy atom. The molecule has 0 aliphatic carbocycles. The quantitative estimate of drug-likeness (QED) is 0.786. The molecule has 136 valence electrons. The molecule has 0 amide bonds. The van der Waals surface area contributed by atoms with Crippen LogP contribution in [0, 0.1) is 0 Å². The van der Waals surface area contributed by atoms with Crippen molar-refractivity contribution in [2.24, 2.45) is 0 Å². The topological polar surface area (TPSA) is 24.9 Å². The predicted octanol–water partition coefficient (Wildman–Crippen LogP) is 2.53. The average Bonchev–Trinajstić information content (AvgIpc) is 2.46. The number of morpholine rings is 2. The molecule has 2 fully saturated rings. The first kappa shape index (κ1) is 19.0. The molecule has 0 saturated carbocycles. The maximum absolute atomic E-state index is 13.2. The number of rotatable bonds is 4. The molecule has 0 spiro atoms. The molecule has 2 saturated heterocycles. The lowest BCUT2D eigenvalue weighted by atomic mass is 10.0. The van der Waals surface area contributed by atoms with Crippen LogP contribution in [0.2, 0.25) is 0 Å². The molecule has 0 bridgehead atoms. The minimum atomic E-state index is -4.24. The van der Waals surface area contributed by atoms with Crippen LogP contribution in [0.5, 0.6) is 0 Å². The van der Waals surface area contributed by atoms with Crippen molar-refractivity contribution in [3.63, 3.8) is 0 Å². The summed E-state index contributed by atoms with van der Waals surface area (Å²) in [6.45, 7) is 10.2. The summed E-state index contributed by atoms with van der Waals surface area (Å²) < 4.78 is 50.6. The number of halogens is 3. The van der Waals surface area contributed by atoms with E-state index in [0.29, 0.717) is 32.2 Å². The van der Waals surface area contributed by atoms with E-state index in [-0.39, 0.29) is 24.8 Å². The Hall–Kier alpha value is -0.370. The van der Waals surface area contributed by atoms with Gasteiger partial charge in [-0.05, 0) is 34.1 Å². The first-order valence-electron chi connectivity index (χ1n) is 8.47. The van der Waals surface area contributed by atoms with E-state index >= 15 is 0 Å². The molecule has 0 aromatic rings. The van der Waals surface area contributed by atoms with Gasteiger partial charge < -0.3 is 9.47 Å². The molecule has 4 nitrogen and oxygen atoms in total. The van der Waals surface area contributed by atoms with Crippen molar-refractivity contribution < 1.29 is 22.6 Å². The van der Waals surface area contributed by atoms with Crippen LogP contribution in [-0.4, -0.2) is 79.2 Å². The smallest absolute Gasteiger partial charge is 0.378 e. The Labute approximate surface area is 136 Å². The molecule has 0 radical (unpaired) electrons. The molecule has 23 heavy (non-hydrogen) atoms.